The fourth-order valence-electron chi connectivity index (χ4n) is 2.24. The van der Waals surface area contributed by atoms with Crippen molar-refractivity contribution < 1.29 is 14.0 Å². The Kier molecular flexibility index (Phi) is 3.55. The molecule has 1 N–H and O–H groups in total. The Morgan fingerprint density at radius 3 is 2.79 bits per heavy atom. The normalized spacial score (nSPS) is 18.1. The van der Waals surface area contributed by atoms with Gasteiger partial charge in [0.2, 0.25) is 11.8 Å². The Bertz CT molecular complexity index is 514. The average Bonchev–Trinajstić information content (AvgIpc) is 2.35. The molecule has 0 aliphatic carbocycles. The smallest absolute Gasteiger partial charge is 0.245 e. The lowest BCUT2D eigenvalue weighted by Gasteiger charge is -2.41. The second-order valence-electron chi connectivity index (χ2n) is 5.13. The van der Waals surface area contributed by atoms with Crippen LogP contribution in [0.1, 0.15) is 19.4 Å². The van der Waals surface area contributed by atoms with E-state index in [2.05, 4.69) is 5.32 Å². The second kappa shape index (κ2) is 4.99. The molecule has 0 radical (unpaired) electrons. The lowest BCUT2D eigenvalue weighted by Crippen LogP contribution is -2.63. The molecule has 102 valence electrons. The van der Waals surface area contributed by atoms with Crippen LogP contribution in [0.3, 0.4) is 0 Å². The first-order valence-corrected chi connectivity index (χ1v) is 6.25. The maximum atomic E-state index is 13.5. The molecule has 5 heteroatoms. The highest BCUT2D eigenvalue weighted by Gasteiger charge is 2.40. The van der Waals surface area contributed by atoms with Crippen molar-refractivity contribution in [3.8, 4) is 0 Å². The van der Waals surface area contributed by atoms with Gasteiger partial charge in [0.15, 0.2) is 0 Å². The minimum absolute atomic E-state index is 0.0244. The number of hydrogen-bond acceptors (Lipinski definition) is 2. The summed E-state index contributed by atoms with van der Waals surface area (Å²) in [6.45, 7) is 4.28. The van der Waals surface area contributed by atoms with Gasteiger partial charge in [-0.2, -0.15) is 0 Å². The number of carbonyl (C=O) groups is 2. The van der Waals surface area contributed by atoms with Gasteiger partial charge in [0, 0.05) is 13.1 Å². The van der Waals surface area contributed by atoms with Gasteiger partial charge in [-0.25, -0.2) is 4.39 Å². The third kappa shape index (κ3) is 2.59. The zero-order valence-electron chi connectivity index (χ0n) is 11.1. The molecule has 2 rings (SSSR count). The van der Waals surface area contributed by atoms with E-state index in [-0.39, 0.29) is 18.2 Å². The van der Waals surface area contributed by atoms with Crippen molar-refractivity contribution in [1.82, 2.24) is 10.2 Å². The van der Waals surface area contributed by atoms with E-state index in [9.17, 15) is 14.0 Å². The summed E-state index contributed by atoms with van der Waals surface area (Å²) in [5.41, 5.74) is -0.532. The van der Waals surface area contributed by atoms with Crippen LogP contribution in [0.5, 0.6) is 0 Å². The van der Waals surface area contributed by atoms with E-state index in [1.165, 1.54) is 11.0 Å². The van der Waals surface area contributed by atoms with Crippen LogP contribution < -0.4 is 5.32 Å². The molecule has 2 amide bonds. The van der Waals surface area contributed by atoms with Crippen LogP contribution in [0, 0.1) is 5.82 Å². The maximum Gasteiger partial charge on any atom is 0.245 e. The van der Waals surface area contributed by atoms with E-state index < -0.39 is 11.4 Å². The molecular weight excluding hydrogens is 247 g/mol. The Balaban J connectivity index is 2.16. The van der Waals surface area contributed by atoms with Gasteiger partial charge in [-0.3, -0.25) is 9.59 Å². The molecule has 1 aromatic carbocycles. The lowest BCUT2D eigenvalue weighted by molar-refractivity contribution is -0.148. The molecule has 1 fully saturated rings. The Morgan fingerprint density at radius 2 is 2.11 bits per heavy atom. The minimum atomic E-state index is -0.888. The first-order chi connectivity index (χ1) is 8.93. The number of nitrogens with zero attached hydrogens (tertiary/aromatic N) is 1. The lowest BCUT2D eigenvalue weighted by atomic mass is 9.97. The number of halogens is 1. The van der Waals surface area contributed by atoms with Crippen molar-refractivity contribution in [2.24, 2.45) is 0 Å². The molecule has 1 heterocycles. The van der Waals surface area contributed by atoms with Crippen molar-refractivity contribution in [2.45, 2.75) is 25.8 Å². The van der Waals surface area contributed by atoms with Crippen LogP contribution in [0.4, 0.5) is 4.39 Å². The summed E-state index contributed by atoms with van der Waals surface area (Å²) in [5, 5.41) is 2.73. The number of rotatable bonds is 2. The van der Waals surface area contributed by atoms with Gasteiger partial charge in [-0.05, 0) is 25.5 Å². The van der Waals surface area contributed by atoms with Crippen LogP contribution in [0.25, 0.3) is 0 Å². The number of piperazine rings is 1. The quantitative estimate of drug-likeness (QED) is 0.869. The van der Waals surface area contributed by atoms with Crippen molar-refractivity contribution >= 4 is 11.8 Å². The van der Waals surface area contributed by atoms with Gasteiger partial charge in [-0.1, -0.05) is 18.2 Å². The van der Waals surface area contributed by atoms with Gasteiger partial charge in [-0.15, -0.1) is 0 Å². The number of nitrogens with one attached hydrogen (secondary N) is 1. The molecule has 0 unspecified atom stereocenters. The highest BCUT2D eigenvalue weighted by Crippen LogP contribution is 2.19. The Hall–Kier alpha value is -1.91. The Morgan fingerprint density at radius 1 is 1.42 bits per heavy atom. The van der Waals surface area contributed by atoms with Crippen LogP contribution in [0.15, 0.2) is 24.3 Å². The largest absolute Gasteiger partial charge is 0.352 e. The van der Waals surface area contributed by atoms with Gasteiger partial charge in [0.05, 0.1) is 6.42 Å². The van der Waals surface area contributed by atoms with E-state index in [0.29, 0.717) is 18.7 Å². The highest BCUT2D eigenvalue weighted by molar-refractivity contribution is 5.92. The molecule has 0 aromatic heterocycles. The molecular formula is C14H17FN2O2. The number of benzene rings is 1. The topological polar surface area (TPSA) is 49.4 Å². The zero-order valence-corrected chi connectivity index (χ0v) is 11.1. The molecule has 4 nitrogen and oxygen atoms in total. The van der Waals surface area contributed by atoms with Crippen molar-refractivity contribution in [3.63, 3.8) is 0 Å². The van der Waals surface area contributed by atoms with E-state index in [4.69, 9.17) is 0 Å². The SMILES string of the molecule is CC1(C)C(=O)NCCN1C(=O)Cc1ccccc1F. The molecule has 0 atom stereocenters. The summed E-state index contributed by atoms with van der Waals surface area (Å²) in [4.78, 5) is 25.5. The van der Waals surface area contributed by atoms with Gasteiger partial charge < -0.3 is 10.2 Å². The molecule has 1 aliphatic heterocycles. The number of amides is 2. The molecule has 1 aromatic rings. The monoisotopic (exact) mass is 264 g/mol. The second-order valence-corrected chi connectivity index (χ2v) is 5.13. The summed E-state index contributed by atoms with van der Waals surface area (Å²) in [7, 11) is 0. The van der Waals surface area contributed by atoms with E-state index in [0.717, 1.165) is 0 Å². The van der Waals surface area contributed by atoms with E-state index in [1.807, 2.05) is 0 Å². The minimum Gasteiger partial charge on any atom is -0.352 e. The molecule has 0 spiro atoms. The summed E-state index contributed by atoms with van der Waals surface area (Å²) < 4.78 is 13.5. The first-order valence-electron chi connectivity index (χ1n) is 6.25. The number of carbonyl (C=O) groups excluding carboxylic acids is 2. The summed E-state index contributed by atoms with van der Waals surface area (Å²) in [6, 6.07) is 6.20. The predicted molar refractivity (Wildman–Crippen MR) is 68.9 cm³/mol. The molecule has 1 saturated heterocycles. The van der Waals surface area contributed by atoms with Crippen molar-refractivity contribution in [2.75, 3.05) is 13.1 Å². The summed E-state index contributed by atoms with van der Waals surface area (Å²) in [5.74, 6) is -0.805. The van der Waals surface area contributed by atoms with Crippen LogP contribution in [0.2, 0.25) is 0 Å². The van der Waals surface area contributed by atoms with Crippen molar-refractivity contribution in [3.05, 3.63) is 35.6 Å². The highest BCUT2D eigenvalue weighted by atomic mass is 19.1. The van der Waals surface area contributed by atoms with E-state index >= 15 is 0 Å². The summed E-state index contributed by atoms with van der Waals surface area (Å²) >= 11 is 0. The van der Waals surface area contributed by atoms with Gasteiger partial charge in [0.1, 0.15) is 11.4 Å². The van der Waals surface area contributed by atoms with E-state index in [1.54, 1.807) is 32.0 Å². The molecule has 0 bridgehead atoms. The third-order valence-electron chi connectivity index (χ3n) is 3.45. The predicted octanol–water partition coefficient (Wildman–Crippen LogP) is 1.11. The fourth-order valence-corrected chi connectivity index (χ4v) is 2.24. The zero-order chi connectivity index (χ0) is 14.0. The average molecular weight is 264 g/mol. The number of hydrogen-bond donors (Lipinski definition) is 1. The van der Waals surface area contributed by atoms with Crippen molar-refractivity contribution in [1.29, 1.82) is 0 Å². The molecule has 19 heavy (non-hydrogen) atoms. The van der Waals surface area contributed by atoms with Crippen LogP contribution in [-0.4, -0.2) is 35.3 Å². The maximum absolute atomic E-state index is 13.5. The van der Waals surface area contributed by atoms with Crippen LogP contribution >= 0.6 is 0 Å². The third-order valence-corrected chi connectivity index (χ3v) is 3.45. The molecule has 1 aliphatic rings. The molecule has 0 saturated carbocycles. The van der Waals surface area contributed by atoms with Crippen LogP contribution in [-0.2, 0) is 16.0 Å². The Labute approximate surface area is 111 Å². The first kappa shape index (κ1) is 13.5. The van der Waals surface area contributed by atoms with Gasteiger partial charge in [0.25, 0.3) is 0 Å². The van der Waals surface area contributed by atoms with Gasteiger partial charge >= 0.3 is 0 Å². The fraction of sp³-hybridized carbons (Fsp3) is 0.429. The summed E-state index contributed by atoms with van der Waals surface area (Å²) in [6.07, 6.45) is -0.0244. The standard InChI is InChI=1S/C14H17FN2O2/c1-14(2)13(19)16-7-8-17(14)12(18)9-10-5-3-4-6-11(10)15/h3-6H,7-9H2,1-2H3,(H,16,19).